The second-order valence-electron chi connectivity index (χ2n) is 4.57. The van der Waals surface area contributed by atoms with Gasteiger partial charge < -0.3 is 10.2 Å². The SMILES string of the molecule is CSc1nccnc1CN(C)C[C@@H]1CCNC1. The average Bonchev–Trinajstić information content (AvgIpc) is 2.82. The van der Waals surface area contributed by atoms with Crippen LogP contribution in [0.4, 0.5) is 0 Å². The van der Waals surface area contributed by atoms with E-state index < -0.39 is 0 Å². The molecule has 4 nitrogen and oxygen atoms in total. The molecule has 0 aliphatic carbocycles. The van der Waals surface area contributed by atoms with E-state index in [0.29, 0.717) is 0 Å². The molecule has 94 valence electrons. The highest BCUT2D eigenvalue weighted by Gasteiger charge is 2.17. The minimum atomic E-state index is 0.786. The van der Waals surface area contributed by atoms with E-state index in [1.807, 2.05) is 0 Å². The molecule has 1 saturated heterocycles. The van der Waals surface area contributed by atoms with Crippen molar-refractivity contribution >= 4 is 11.8 Å². The maximum atomic E-state index is 4.42. The van der Waals surface area contributed by atoms with Gasteiger partial charge in [0.2, 0.25) is 0 Å². The highest BCUT2D eigenvalue weighted by atomic mass is 32.2. The van der Waals surface area contributed by atoms with Crippen molar-refractivity contribution in [1.82, 2.24) is 20.2 Å². The number of hydrogen-bond donors (Lipinski definition) is 1. The number of rotatable bonds is 5. The van der Waals surface area contributed by atoms with Crippen LogP contribution in [0.2, 0.25) is 0 Å². The predicted molar refractivity (Wildman–Crippen MR) is 71.1 cm³/mol. The van der Waals surface area contributed by atoms with Crippen LogP contribution in [0, 0.1) is 5.92 Å². The van der Waals surface area contributed by atoms with Crippen molar-refractivity contribution in [2.45, 2.75) is 18.0 Å². The van der Waals surface area contributed by atoms with Crippen LogP contribution in [0.5, 0.6) is 0 Å². The van der Waals surface area contributed by atoms with Crippen molar-refractivity contribution in [2.75, 3.05) is 32.9 Å². The Labute approximate surface area is 107 Å². The van der Waals surface area contributed by atoms with Gasteiger partial charge in [-0.15, -0.1) is 11.8 Å². The van der Waals surface area contributed by atoms with Gasteiger partial charge in [0, 0.05) is 25.5 Å². The first-order chi connectivity index (χ1) is 8.29. The van der Waals surface area contributed by atoms with Crippen molar-refractivity contribution in [1.29, 1.82) is 0 Å². The summed E-state index contributed by atoms with van der Waals surface area (Å²) in [6.07, 6.45) is 6.88. The lowest BCUT2D eigenvalue weighted by Gasteiger charge is -2.20. The summed E-state index contributed by atoms with van der Waals surface area (Å²) in [5, 5.41) is 4.45. The fourth-order valence-corrected chi connectivity index (χ4v) is 2.78. The summed E-state index contributed by atoms with van der Waals surface area (Å²) in [6, 6.07) is 0. The molecule has 0 radical (unpaired) electrons. The monoisotopic (exact) mass is 252 g/mol. The van der Waals surface area contributed by atoms with E-state index in [4.69, 9.17) is 0 Å². The Bertz CT molecular complexity index is 352. The molecule has 0 aromatic carbocycles. The van der Waals surface area contributed by atoms with Gasteiger partial charge in [-0.25, -0.2) is 4.98 Å². The molecule has 0 saturated carbocycles. The molecule has 17 heavy (non-hydrogen) atoms. The fraction of sp³-hybridized carbons (Fsp3) is 0.667. The summed E-state index contributed by atoms with van der Waals surface area (Å²) in [5.41, 5.74) is 1.09. The van der Waals surface area contributed by atoms with Crippen LogP contribution < -0.4 is 5.32 Å². The normalized spacial score (nSPS) is 20.1. The van der Waals surface area contributed by atoms with Crippen molar-refractivity contribution in [2.24, 2.45) is 5.92 Å². The number of hydrogen-bond acceptors (Lipinski definition) is 5. The molecule has 2 heterocycles. The van der Waals surface area contributed by atoms with Gasteiger partial charge in [-0.2, -0.15) is 0 Å². The third kappa shape index (κ3) is 3.66. The van der Waals surface area contributed by atoms with E-state index in [0.717, 1.165) is 36.3 Å². The minimum Gasteiger partial charge on any atom is -0.316 e. The van der Waals surface area contributed by atoms with E-state index >= 15 is 0 Å². The Balaban J connectivity index is 1.90. The Hall–Kier alpha value is -0.650. The van der Waals surface area contributed by atoms with Gasteiger partial charge in [0.05, 0.1) is 5.69 Å². The minimum absolute atomic E-state index is 0.786. The van der Waals surface area contributed by atoms with E-state index in [2.05, 4.69) is 33.5 Å². The molecule has 1 aliphatic heterocycles. The van der Waals surface area contributed by atoms with Crippen LogP contribution in [0.25, 0.3) is 0 Å². The zero-order valence-corrected chi connectivity index (χ0v) is 11.3. The highest BCUT2D eigenvalue weighted by Crippen LogP contribution is 2.17. The lowest BCUT2D eigenvalue weighted by Crippen LogP contribution is -2.27. The van der Waals surface area contributed by atoms with Crippen LogP contribution in [0.3, 0.4) is 0 Å². The number of nitrogens with one attached hydrogen (secondary N) is 1. The zero-order chi connectivity index (χ0) is 12.1. The van der Waals surface area contributed by atoms with Crippen molar-refractivity contribution in [3.05, 3.63) is 18.1 Å². The third-order valence-corrected chi connectivity index (χ3v) is 3.81. The summed E-state index contributed by atoms with van der Waals surface area (Å²) in [5.74, 6) is 0.786. The van der Waals surface area contributed by atoms with Gasteiger partial charge in [-0.3, -0.25) is 4.98 Å². The molecule has 0 spiro atoms. The van der Waals surface area contributed by atoms with Gasteiger partial charge >= 0.3 is 0 Å². The Morgan fingerprint density at radius 3 is 3.00 bits per heavy atom. The first kappa shape index (κ1) is 12.8. The van der Waals surface area contributed by atoms with Gasteiger partial charge in [0.15, 0.2) is 0 Å². The molecule has 1 atom stereocenters. The molecule has 0 bridgehead atoms. The van der Waals surface area contributed by atoms with E-state index in [1.165, 1.54) is 13.0 Å². The first-order valence-electron chi connectivity index (χ1n) is 6.02. The molecule has 5 heteroatoms. The third-order valence-electron chi connectivity index (χ3n) is 3.08. The average molecular weight is 252 g/mol. The van der Waals surface area contributed by atoms with Crippen LogP contribution in [0.15, 0.2) is 17.4 Å². The smallest absolute Gasteiger partial charge is 0.119 e. The summed E-state index contributed by atoms with van der Waals surface area (Å²) in [7, 11) is 2.16. The van der Waals surface area contributed by atoms with Crippen molar-refractivity contribution in [3.8, 4) is 0 Å². The quantitative estimate of drug-likeness (QED) is 0.799. The molecule has 1 aliphatic rings. The summed E-state index contributed by atoms with van der Waals surface area (Å²) >= 11 is 1.67. The molecule has 1 aromatic rings. The molecule has 1 N–H and O–H groups in total. The van der Waals surface area contributed by atoms with Crippen molar-refractivity contribution < 1.29 is 0 Å². The maximum Gasteiger partial charge on any atom is 0.119 e. The summed E-state index contributed by atoms with van der Waals surface area (Å²) in [6.45, 7) is 4.35. The molecule has 2 rings (SSSR count). The van der Waals surface area contributed by atoms with Crippen molar-refractivity contribution in [3.63, 3.8) is 0 Å². The van der Waals surface area contributed by atoms with Crippen LogP contribution >= 0.6 is 11.8 Å². The zero-order valence-electron chi connectivity index (χ0n) is 10.5. The van der Waals surface area contributed by atoms with Crippen LogP contribution in [0.1, 0.15) is 12.1 Å². The van der Waals surface area contributed by atoms with Gasteiger partial charge in [0.25, 0.3) is 0 Å². The van der Waals surface area contributed by atoms with E-state index in [9.17, 15) is 0 Å². The maximum absolute atomic E-state index is 4.42. The van der Waals surface area contributed by atoms with Crippen LogP contribution in [-0.4, -0.2) is 47.8 Å². The van der Waals surface area contributed by atoms with Gasteiger partial charge in [-0.05, 0) is 38.7 Å². The molecular weight excluding hydrogens is 232 g/mol. The topological polar surface area (TPSA) is 41.1 Å². The lowest BCUT2D eigenvalue weighted by molar-refractivity contribution is 0.273. The largest absolute Gasteiger partial charge is 0.316 e. The Morgan fingerprint density at radius 1 is 1.47 bits per heavy atom. The van der Waals surface area contributed by atoms with Gasteiger partial charge in [-0.1, -0.05) is 0 Å². The van der Waals surface area contributed by atoms with E-state index in [1.54, 1.807) is 24.2 Å². The molecule has 1 fully saturated rings. The predicted octanol–water partition coefficient (Wildman–Crippen LogP) is 1.24. The molecule has 0 amide bonds. The second-order valence-corrected chi connectivity index (χ2v) is 5.36. The second kappa shape index (κ2) is 6.33. The summed E-state index contributed by atoms with van der Waals surface area (Å²) < 4.78 is 0. The standard InChI is InChI=1S/C12H20N4S/c1-16(8-10-3-4-13-7-10)9-11-12(17-2)15-6-5-14-11/h5-6,10,13H,3-4,7-9H2,1-2H3/t10-/m1/s1. The Kier molecular flexibility index (Phi) is 4.76. The highest BCUT2D eigenvalue weighted by molar-refractivity contribution is 7.98. The summed E-state index contributed by atoms with van der Waals surface area (Å²) in [4.78, 5) is 11.1. The first-order valence-corrected chi connectivity index (χ1v) is 7.25. The lowest BCUT2D eigenvalue weighted by atomic mass is 10.1. The van der Waals surface area contributed by atoms with Gasteiger partial charge in [0.1, 0.15) is 5.03 Å². The number of aromatic nitrogens is 2. The van der Waals surface area contributed by atoms with E-state index in [-0.39, 0.29) is 0 Å². The number of nitrogens with zero attached hydrogens (tertiary/aromatic N) is 3. The molecular formula is C12H20N4S. The molecule has 0 unspecified atom stereocenters. The Morgan fingerprint density at radius 2 is 2.29 bits per heavy atom. The number of thioether (sulfide) groups is 1. The van der Waals surface area contributed by atoms with Crippen LogP contribution in [-0.2, 0) is 6.54 Å². The fourth-order valence-electron chi connectivity index (χ4n) is 2.26. The molecule has 1 aromatic heterocycles.